The van der Waals surface area contributed by atoms with Gasteiger partial charge in [0.1, 0.15) is 11.3 Å². The number of pyridine rings is 1. The maximum atomic E-state index is 15.4. The lowest BCUT2D eigenvalue weighted by Gasteiger charge is -2.29. The normalized spacial score (nSPS) is 14.3. The number of rotatable bonds is 5. The van der Waals surface area contributed by atoms with Crippen molar-refractivity contribution in [3.8, 4) is 16.9 Å². The van der Waals surface area contributed by atoms with Gasteiger partial charge < -0.3 is 24.5 Å². The molecule has 1 aliphatic heterocycles. The van der Waals surface area contributed by atoms with Gasteiger partial charge in [0, 0.05) is 34.8 Å². The van der Waals surface area contributed by atoms with Crippen LogP contribution >= 0.6 is 0 Å². The molecule has 1 aromatic carbocycles. The first-order valence-corrected chi connectivity index (χ1v) is 11.9. The fourth-order valence-corrected chi connectivity index (χ4v) is 4.91. The molecule has 0 aliphatic carbocycles. The minimum absolute atomic E-state index is 0.237. The Labute approximate surface area is 209 Å². The van der Waals surface area contributed by atoms with Gasteiger partial charge in [0.2, 0.25) is 0 Å². The smallest absolute Gasteiger partial charge is 0.339 e. The number of methoxy groups -OCH3 is 1. The van der Waals surface area contributed by atoms with Gasteiger partial charge in [0.15, 0.2) is 17.7 Å². The molecular formula is C27H32FN3O5. The topological polar surface area (TPSA) is 106 Å². The number of halogens is 1. The SMILES string of the molecule is COC(=O)[C@@H](OC(C)(C)C)c1c(C)nc2c(cc(C(N)=O)n2C)c1-c1cc(F)c2c(c1C)CCCO2. The van der Waals surface area contributed by atoms with Crippen molar-refractivity contribution >= 4 is 22.9 Å². The van der Waals surface area contributed by atoms with Crippen LogP contribution in [0.3, 0.4) is 0 Å². The van der Waals surface area contributed by atoms with Gasteiger partial charge in [-0.25, -0.2) is 14.2 Å². The van der Waals surface area contributed by atoms with Gasteiger partial charge >= 0.3 is 5.97 Å². The van der Waals surface area contributed by atoms with E-state index < -0.39 is 29.4 Å². The van der Waals surface area contributed by atoms with Crippen molar-refractivity contribution in [1.82, 2.24) is 9.55 Å². The van der Waals surface area contributed by atoms with E-state index in [1.165, 1.54) is 13.2 Å². The number of hydrogen-bond donors (Lipinski definition) is 1. The van der Waals surface area contributed by atoms with Crippen LogP contribution in [0.4, 0.5) is 4.39 Å². The zero-order valence-electron chi connectivity index (χ0n) is 21.7. The summed E-state index contributed by atoms with van der Waals surface area (Å²) in [6.45, 7) is 9.61. The number of aryl methyl sites for hydroxylation is 2. The van der Waals surface area contributed by atoms with E-state index in [0.717, 1.165) is 17.5 Å². The Morgan fingerprint density at radius 1 is 1.25 bits per heavy atom. The number of primary amides is 1. The summed E-state index contributed by atoms with van der Waals surface area (Å²) < 4.78 is 34.0. The van der Waals surface area contributed by atoms with Gasteiger partial charge in [-0.05, 0) is 70.7 Å². The molecule has 3 aromatic rings. The lowest BCUT2D eigenvalue weighted by Crippen LogP contribution is -2.29. The average molecular weight is 498 g/mol. The van der Waals surface area contributed by atoms with Crippen molar-refractivity contribution in [2.45, 2.75) is 59.2 Å². The van der Waals surface area contributed by atoms with Crippen LogP contribution in [-0.2, 0) is 27.7 Å². The molecule has 1 atom stereocenters. The third-order valence-corrected chi connectivity index (χ3v) is 6.51. The van der Waals surface area contributed by atoms with Crippen LogP contribution in [0.25, 0.3) is 22.2 Å². The average Bonchev–Trinajstić information content (AvgIpc) is 3.14. The predicted molar refractivity (Wildman–Crippen MR) is 134 cm³/mol. The molecule has 0 saturated carbocycles. The van der Waals surface area contributed by atoms with Crippen molar-refractivity contribution in [3.63, 3.8) is 0 Å². The van der Waals surface area contributed by atoms with Crippen LogP contribution in [0.2, 0.25) is 0 Å². The van der Waals surface area contributed by atoms with Gasteiger partial charge in [-0.1, -0.05) is 0 Å². The first-order chi connectivity index (χ1) is 16.9. The van der Waals surface area contributed by atoms with Gasteiger partial charge in [0.25, 0.3) is 5.91 Å². The number of aromatic nitrogens is 2. The summed E-state index contributed by atoms with van der Waals surface area (Å²) in [5, 5.41) is 0.553. The number of carbonyl (C=O) groups is 2. The largest absolute Gasteiger partial charge is 0.490 e. The van der Waals surface area contributed by atoms with Crippen LogP contribution in [0, 0.1) is 19.7 Å². The molecule has 0 bridgehead atoms. The number of carbonyl (C=O) groups excluding carboxylic acids is 2. The fourth-order valence-electron chi connectivity index (χ4n) is 4.91. The molecule has 3 heterocycles. The van der Waals surface area contributed by atoms with Gasteiger partial charge in [-0.3, -0.25) is 4.79 Å². The van der Waals surface area contributed by atoms with E-state index in [-0.39, 0.29) is 11.4 Å². The summed E-state index contributed by atoms with van der Waals surface area (Å²) in [7, 11) is 2.98. The highest BCUT2D eigenvalue weighted by molar-refractivity contribution is 6.04. The molecule has 2 aromatic heterocycles. The van der Waals surface area contributed by atoms with E-state index in [9.17, 15) is 9.59 Å². The lowest BCUT2D eigenvalue weighted by molar-refractivity contribution is -0.164. The molecule has 192 valence electrons. The Hall–Kier alpha value is -3.46. The summed E-state index contributed by atoms with van der Waals surface area (Å²) in [4.78, 5) is 30.0. The Morgan fingerprint density at radius 2 is 1.94 bits per heavy atom. The molecule has 1 amide bonds. The van der Waals surface area contributed by atoms with Crippen molar-refractivity contribution < 1.29 is 28.2 Å². The second-order valence-electron chi connectivity index (χ2n) is 10.1. The number of benzene rings is 1. The first-order valence-electron chi connectivity index (χ1n) is 11.9. The molecule has 1 aliphatic rings. The van der Waals surface area contributed by atoms with E-state index in [4.69, 9.17) is 24.9 Å². The maximum absolute atomic E-state index is 15.4. The standard InChI is InChI=1S/C27H32FN3O5/c1-13-15-9-8-10-35-22(15)18(28)11-16(13)21-17-12-19(24(29)32)31(6)25(17)30-14(2)20(21)23(26(33)34-7)36-27(3,4)5/h11-12,23H,8-10H2,1-7H3,(H2,29,32)/t23-/m0/s1. The Bertz CT molecular complexity index is 1390. The number of amides is 1. The Morgan fingerprint density at radius 3 is 2.56 bits per heavy atom. The van der Waals surface area contributed by atoms with Crippen molar-refractivity contribution in [3.05, 3.63) is 46.0 Å². The summed E-state index contributed by atoms with van der Waals surface area (Å²) in [5.41, 5.74) is 9.30. The molecule has 4 rings (SSSR count). The summed E-state index contributed by atoms with van der Waals surface area (Å²) in [5.74, 6) is -1.47. The molecule has 0 radical (unpaired) electrons. The van der Waals surface area contributed by atoms with E-state index in [2.05, 4.69) is 0 Å². The summed E-state index contributed by atoms with van der Waals surface area (Å²) >= 11 is 0. The van der Waals surface area contributed by atoms with Crippen LogP contribution in [0.5, 0.6) is 5.75 Å². The van der Waals surface area contributed by atoms with Crippen LogP contribution in [-0.4, -0.2) is 40.7 Å². The molecule has 0 spiro atoms. The Kier molecular flexibility index (Phi) is 6.55. The maximum Gasteiger partial charge on any atom is 0.339 e. The van der Waals surface area contributed by atoms with Crippen LogP contribution in [0.1, 0.15) is 66.2 Å². The van der Waals surface area contributed by atoms with E-state index in [1.54, 1.807) is 24.6 Å². The molecular weight excluding hydrogens is 465 g/mol. The molecule has 2 N–H and O–H groups in total. The second-order valence-corrected chi connectivity index (χ2v) is 10.1. The molecule has 0 fully saturated rings. The van der Waals surface area contributed by atoms with E-state index in [0.29, 0.717) is 46.4 Å². The minimum atomic E-state index is -1.14. The summed E-state index contributed by atoms with van der Waals surface area (Å²) in [6, 6.07) is 3.04. The van der Waals surface area contributed by atoms with Gasteiger partial charge in [-0.15, -0.1) is 0 Å². The lowest BCUT2D eigenvalue weighted by atomic mass is 9.86. The molecule has 0 saturated heterocycles. The fraction of sp³-hybridized carbons (Fsp3) is 0.444. The number of fused-ring (bicyclic) bond motifs is 2. The quantitative estimate of drug-likeness (QED) is 0.522. The first kappa shape index (κ1) is 25.6. The third kappa shape index (κ3) is 4.32. The molecule has 0 unspecified atom stereocenters. The molecule has 9 heteroatoms. The van der Waals surface area contributed by atoms with Crippen molar-refractivity contribution in [2.75, 3.05) is 13.7 Å². The van der Waals surface area contributed by atoms with Crippen LogP contribution in [0.15, 0.2) is 12.1 Å². The zero-order valence-corrected chi connectivity index (χ0v) is 21.7. The second kappa shape index (κ2) is 9.20. The minimum Gasteiger partial charge on any atom is -0.490 e. The summed E-state index contributed by atoms with van der Waals surface area (Å²) in [6.07, 6.45) is 0.284. The monoisotopic (exact) mass is 497 g/mol. The highest BCUT2D eigenvalue weighted by atomic mass is 19.1. The van der Waals surface area contributed by atoms with Crippen molar-refractivity contribution in [2.24, 2.45) is 12.8 Å². The Balaban J connectivity index is 2.17. The zero-order chi connectivity index (χ0) is 26.5. The van der Waals surface area contributed by atoms with Crippen LogP contribution < -0.4 is 10.5 Å². The number of ether oxygens (including phenoxy) is 3. The highest BCUT2D eigenvalue weighted by Gasteiger charge is 2.35. The molecule has 8 nitrogen and oxygen atoms in total. The highest BCUT2D eigenvalue weighted by Crippen LogP contribution is 2.44. The van der Waals surface area contributed by atoms with Gasteiger partial charge in [0.05, 0.1) is 19.3 Å². The number of esters is 1. The van der Waals surface area contributed by atoms with E-state index >= 15 is 4.39 Å². The molecule has 36 heavy (non-hydrogen) atoms. The number of hydrogen-bond acceptors (Lipinski definition) is 6. The predicted octanol–water partition coefficient (Wildman–Crippen LogP) is 4.45. The number of nitrogens with zero attached hydrogens (tertiary/aromatic N) is 2. The van der Waals surface area contributed by atoms with Gasteiger partial charge in [-0.2, -0.15) is 0 Å². The van der Waals surface area contributed by atoms with Crippen molar-refractivity contribution in [1.29, 1.82) is 0 Å². The number of nitrogens with two attached hydrogens (primary N) is 1. The van der Waals surface area contributed by atoms with E-state index in [1.807, 2.05) is 27.7 Å². The third-order valence-electron chi connectivity index (χ3n) is 6.51.